The lowest BCUT2D eigenvalue weighted by Gasteiger charge is -2.34. The summed E-state index contributed by atoms with van der Waals surface area (Å²) in [6.45, 7) is 2.46. The third-order valence-corrected chi connectivity index (χ3v) is 4.36. The number of aliphatic carboxylic acids is 1. The first kappa shape index (κ1) is 15.0. The number of nitrogens with zero attached hydrogens (tertiary/aromatic N) is 1. The van der Waals surface area contributed by atoms with Gasteiger partial charge in [-0.3, -0.25) is 4.79 Å². The minimum atomic E-state index is -1.03. The van der Waals surface area contributed by atoms with Crippen molar-refractivity contribution >= 4 is 27.8 Å². The second-order valence-corrected chi connectivity index (χ2v) is 6.07. The highest BCUT2D eigenvalue weighted by Gasteiger charge is 2.49. The highest BCUT2D eigenvalue weighted by molar-refractivity contribution is 9.10. The molecule has 0 radical (unpaired) electrons. The topological polar surface area (TPSA) is 57.6 Å². The summed E-state index contributed by atoms with van der Waals surface area (Å²) in [4.78, 5) is 25.9. The molecule has 0 aliphatic carbocycles. The third kappa shape index (κ3) is 2.59. The molecule has 4 nitrogen and oxygen atoms in total. The molecule has 1 N–H and O–H groups in total. The van der Waals surface area contributed by atoms with Gasteiger partial charge in [-0.15, -0.1) is 0 Å². The van der Waals surface area contributed by atoms with Crippen LogP contribution in [0.25, 0.3) is 0 Å². The van der Waals surface area contributed by atoms with Crippen molar-refractivity contribution in [3.05, 3.63) is 34.3 Å². The van der Waals surface area contributed by atoms with Gasteiger partial charge in [0.15, 0.2) is 0 Å². The van der Waals surface area contributed by atoms with Crippen LogP contribution in [0.2, 0.25) is 0 Å². The fourth-order valence-electron chi connectivity index (χ4n) is 2.95. The van der Waals surface area contributed by atoms with E-state index >= 15 is 0 Å². The summed E-state index contributed by atoms with van der Waals surface area (Å²) in [5.74, 6) is -1.08. The molecular weight excluding hydrogens is 322 g/mol. The Bertz CT molecular complexity index is 532. The number of hydrogen-bond donors (Lipinski definition) is 1. The van der Waals surface area contributed by atoms with E-state index in [1.807, 2.05) is 13.0 Å². The van der Waals surface area contributed by atoms with E-state index in [4.69, 9.17) is 0 Å². The lowest BCUT2D eigenvalue weighted by atomic mass is 9.90. The summed E-state index contributed by atoms with van der Waals surface area (Å²) in [6, 6.07) is 7.09. The Hall–Kier alpha value is -1.36. The second kappa shape index (κ2) is 5.95. The van der Waals surface area contributed by atoms with Crippen molar-refractivity contribution in [2.24, 2.45) is 0 Å². The Labute approximate surface area is 126 Å². The highest BCUT2D eigenvalue weighted by atomic mass is 79.9. The average molecular weight is 340 g/mol. The van der Waals surface area contributed by atoms with Gasteiger partial charge in [-0.25, -0.2) is 4.79 Å². The van der Waals surface area contributed by atoms with Crippen LogP contribution in [0.3, 0.4) is 0 Å². The van der Waals surface area contributed by atoms with Crippen molar-refractivity contribution in [3.8, 4) is 0 Å². The zero-order valence-corrected chi connectivity index (χ0v) is 13.0. The molecule has 20 heavy (non-hydrogen) atoms. The van der Waals surface area contributed by atoms with Crippen molar-refractivity contribution in [1.29, 1.82) is 0 Å². The maximum atomic E-state index is 12.6. The van der Waals surface area contributed by atoms with E-state index in [1.165, 1.54) is 0 Å². The van der Waals surface area contributed by atoms with Gasteiger partial charge in [0.25, 0.3) is 5.91 Å². The number of rotatable bonds is 4. The number of carboxylic acid groups (broad SMARTS) is 1. The quantitative estimate of drug-likeness (QED) is 0.915. The van der Waals surface area contributed by atoms with Gasteiger partial charge < -0.3 is 10.0 Å². The molecule has 1 amide bonds. The van der Waals surface area contributed by atoms with Gasteiger partial charge in [-0.1, -0.05) is 35.3 Å². The molecule has 0 bridgehead atoms. The normalized spacial score (nSPS) is 22.0. The van der Waals surface area contributed by atoms with Crippen molar-refractivity contribution in [2.75, 3.05) is 6.54 Å². The van der Waals surface area contributed by atoms with E-state index < -0.39 is 11.5 Å². The van der Waals surface area contributed by atoms with Crippen LogP contribution < -0.4 is 0 Å². The fraction of sp³-hybridized carbons (Fsp3) is 0.467. The molecular formula is C15H18BrNO3. The second-order valence-electron chi connectivity index (χ2n) is 5.16. The van der Waals surface area contributed by atoms with E-state index in [2.05, 4.69) is 15.9 Å². The number of carbonyl (C=O) groups is 2. The number of carboxylic acids is 1. The van der Waals surface area contributed by atoms with Crippen molar-refractivity contribution in [1.82, 2.24) is 4.90 Å². The lowest BCUT2D eigenvalue weighted by molar-refractivity contribution is -0.148. The average Bonchev–Trinajstić information content (AvgIpc) is 2.83. The van der Waals surface area contributed by atoms with Crippen molar-refractivity contribution in [2.45, 2.75) is 38.1 Å². The first-order valence-electron chi connectivity index (χ1n) is 6.82. The van der Waals surface area contributed by atoms with Crippen LogP contribution in [0, 0.1) is 0 Å². The minimum absolute atomic E-state index is 0.195. The van der Waals surface area contributed by atoms with Crippen LogP contribution in [0.1, 0.15) is 43.0 Å². The predicted octanol–water partition coefficient (Wildman–Crippen LogP) is 3.31. The monoisotopic (exact) mass is 339 g/mol. The third-order valence-electron chi connectivity index (χ3n) is 3.87. The molecule has 108 valence electrons. The number of halogens is 1. The number of benzene rings is 1. The SMILES string of the molecule is CCCC1(C(=O)O)CCCN1C(=O)c1cccc(Br)c1. The van der Waals surface area contributed by atoms with E-state index in [9.17, 15) is 14.7 Å². The fourth-order valence-corrected chi connectivity index (χ4v) is 3.35. The standard InChI is InChI=1S/C15H18BrNO3/c1-2-7-15(14(19)20)8-4-9-17(15)13(18)11-5-3-6-12(16)10-11/h3,5-6,10H,2,4,7-9H2,1H3,(H,19,20). The predicted molar refractivity (Wildman–Crippen MR) is 79.7 cm³/mol. The van der Waals surface area contributed by atoms with Gasteiger partial charge >= 0.3 is 5.97 Å². The molecule has 1 saturated heterocycles. The van der Waals surface area contributed by atoms with Crippen LogP contribution in [-0.4, -0.2) is 34.0 Å². The van der Waals surface area contributed by atoms with Crippen LogP contribution in [0.4, 0.5) is 0 Å². The molecule has 0 saturated carbocycles. The number of hydrogen-bond acceptors (Lipinski definition) is 2. The Morgan fingerprint density at radius 1 is 1.45 bits per heavy atom. The van der Waals surface area contributed by atoms with Gasteiger partial charge in [0.05, 0.1) is 0 Å². The zero-order chi connectivity index (χ0) is 14.8. The van der Waals surface area contributed by atoms with Crippen LogP contribution >= 0.6 is 15.9 Å². The Morgan fingerprint density at radius 3 is 2.80 bits per heavy atom. The minimum Gasteiger partial charge on any atom is -0.479 e. The molecule has 1 fully saturated rings. The largest absolute Gasteiger partial charge is 0.479 e. The van der Waals surface area contributed by atoms with Gasteiger partial charge in [0.2, 0.25) is 0 Å². The molecule has 0 spiro atoms. The smallest absolute Gasteiger partial charge is 0.329 e. The van der Waals surface area contributed by atoms with Crippen LogP contribution in [0.5, 0.6) is 0 Å². The van der Waals surface area contributed by atoms with Gasteiger partial charge in [-0.2, -0.15) is 0 Å². The number of carbonyl (C=O) groups excluding carboxylic acids is 1. The van der Waals surface area contributed by atoms with E-state index in [0.717, 1.165) is 17.3 Å². The lowest BCUT2D eigenvalue weighted by Crippen LogP contribution is -2.53. The Kier molecular flexibility index (Phi) is 4.48. The van der Waals surface area contributed by atoms with E-state index in [0.29, 0.717) is 24.9 Å². The van der Waals surface area contributed by atoms with Crippen molar-refractivity contribution < 1.29 is 14.7 Å². The Morgan fingerprint density at radius 2 is 2.20 bits per heavy atom. The Balaban J connectivity index is 2.34. The first-order valence-corrected chi connectivity index (χ1v) is 7.61. The van der Waals surface area contributed by atoms with E-state index in [-0.39, 0.29) is 5.91 Å². The number of likely N-dealkylation sites (tertiary alicyclic amines) is 1. The van der Waals surface area contributed by atoms with Crippen molar-refractivity contribution in [3.63, 3.8) is 0 Å². The summed E-state index contributed by atoms with van der Waals surface area (Å²) in [7, 11) is 0. The molecule has 2 rings (SSSR count). The first-order chi connectivity index (χ1) is 9.51. The zero-order valence-electron chi connectivity index (χ0n) is 11.4. The molecule has 1 atom stereocenters. The molecule has 1 heterocycles. The van der Waals surface area contributed by atoms with Gasteiger partial charge in [0.1, 0.15) is 5.54 Å². The molecule has 1 unspecified atom stereocenters. The summed E-state index contributed by atoms with van der Waals surface area (Å²) in [6.07, 6.45) is 2.53. The summed E-state index contributed by atoms with van der Waals surface area (Å²) < 4.78 is 0.818. The maximum absolute atomic E-state index is 12.6. The molecule has 1 aromatic carbocycles. The molecule has 1 aliphatic rings. The van der Waals surface area contributed by atoms with Crippen LogP contribution in [0.15, 0.2) is 28.7 Å². The molecule has 5 heteroatoms. The molecule has 0 aromatic heterocycles. The summed E-state index contributed by atoms with van der Waals surface area (Å²) >= 11 is 3.34. The van der Waals surface area contributed by atoms with E-state index in [1.54, 1.807) is 23.1 Å². The number of amides is 1. The molecule has 1 aromatic rings. The van der Waals surface area contributed by atoms with Gasteiger partial charge in [0, 0.05) is 16.6 Å². The summed E-state index contributed by atoms with van der Waals surface area (Å²) in [5, 5.41) is 9.61. The highest BCUT2D eigenvalue weighted by Crippen LogP contribution is 2.35. The molecule has 1 aliphatic heterocycles. The summed E-state index contributed by atoms with van der Waals surface area (Å²) in [5.41, 5.74) is -0.503. The van der Waals surface area contributed by atoms with Crippen LogP contribution in [-0.2, 0) is 4.79 Å². The van der Waals surface area contributed by atoms with Gasteiger partial charge in [-0.05, 0) is 37.5 Å². The maximum Gasteiger partial charge on any atom is 0.329 e.